The van der Waals surface area contributed by atoms with Crippen molar-refractivity contribution in [1.82, 2.24) is 10.2 Å². The van der Waals surface area contributed by atoms with Crippen molar-refractivity contribution in [3.8, 4) is 0 Å². The Kier molecular flexibility index (Phi) is 6.85. The SMILES string of the molecule is CC(C)CC(CNC(C)c1sccc1Br)N(C)C. The van der Waals surface area contributed by atoms with Crippen LogP contribution in [0.2, 0.25) is 0 Å². The minimum absolute atomic E-state index is 0.411. The van der Waals surface area contributed by atoms with Crippen LogP contribution in [0.4, 0.5) is 0 Å². The Morgan fingerprint density at radius 1 is 1.33 bits per heavy atom. The molecule has 0 amide bonds. The summed E-state index contributed by atoms with van der Waals surface area (Å²) in [4.78, 5) is 3.71. The molecule has 0 aliphatic carbocycles. The molecule has 18 heavy (non-hydrogen) atoms. The van der Waals surface area contributed by atoms with E-state index in [0.29, 0.717) is 12.1 Å². The fraction of sp³-hybridized carbons (Fsp3) is 0.714. The van der Waals surface area contributed by atoms with Gasteiger partial charge in [0.15, 0.2) is 0 Å². The van der Waals surface area contributed by atoms with Gasteiger partial charge < -0.3 is 10.2 Å². The van der Waals surface area contributed by atoms with E-state index in [4.69, 9.17) is 0 Å². The highest BCUT2D eigenvalue weighted by atomic mass is 79.9. The maximum Gasteiger partial charge on any atom is 0.0398 e. The predicted octanol–water partition coefficient (Wildman–Crippen LogP) is 4.14. The number of thiophene rings is 1. The van der Waals surface area contributed by atoms with Crippen LogP contribution in [0, 0.1) is 5.92 Å². The van der Waals surface area contributed by atoms with Crippen LogP contribution in [0.3, 0.4) is 0 Å². The molecule has 1 rings (SSSR count). The summed E-state index contributed by atoms with van der Waals surface area (Å²) < 4.78 is 1.22. The molecule has 2 atom stereocenters. The number of hydrogen-bond acceptors (Lipinski definition) is 3. The lowest BCUT2D eigenvalue weighted by Crippen LogP contribution is -2.39. The van der Waals surface area contributed by atoms with E-state index in [-0.39, 0.29) is 0 Å². The van der Waals surface area contributed by atoms with Crippen LogP contribution in [0.5, 0.6) is 0 Å². The van der Waals surface area contributed by atoms with Crippen LogP contribution < -0.4 is 5.32 Å². The van der Waals surface area contributed by atoms with Gasteiger partial charge in [-0.15, -0.1) is 11.3 Å². The minimum atomic E-state index is 0.411. The van der Waals surface area contributed by atoms with Gasteiger partial charge in [-0.3, -0.25) is 0 Å². The lowest BCUT2D eigenvalue weighted by atomic mass is 10.0. The molecule has 0 saturated heterocycles. The number of hydrogen-bond donors (Lipinski definition) is 1. The van der Waals surface area contributed by atoms with E-state index in [1.807, 2.05) is 11.3 Å². The van der Waals surface area contributed by atoms with Crippen molar-refractivity contribution in [2.45, 2.75) is 39.3 Å². The third kappa shape index (κ3) is 5.00. The van der Waals surface area contributed by atoms with Crippen LogP contribution in [0.25, 0.3) is 0 Å². The topological polar surface area (TPSA) is 15.3 Å². The molecule has 0 saturated carbocycles. The summed E-state index contributed by atoms with van der Waals surface area (Å²) in [5, 5.41) is 5.79. The molecule has 1 heterocycles. The first-order chi connectivity index (χ1) is 8.41. The zero-order chi connectivity index (χ0) is 13.7. The van der Waals surface area contributed by atoms with Crippen LogP contribution in [0.15, 0.2) is 15.9 Å². The molecular weight excluding hydrogens is 308 g/mol. The van der Waals surface area contributed by atoms with Gasteiger partial charge in [-0.1, -0.05) is 13.8 Å². The number of halogens is 1. The second-order valence-electron chi connectivity index (χ2n) is 5.51. The molecule has 0 bridgehead atoms. The summed E-state index contributed by atoms with van der Waals surface area (Å²) in [7, 11) is 4.33. The van der Waals surface area contributed by atoms with E-state index in [1.54, 1.807) is 0 Å². The van der Waals surface area contributed by atoms with Crippen LogP contribution in [-0.4, -0.2) is 31.6 Å². The van der Waals surface area contributed by atoms with E-state index in [1.165, 1.54) is 15.8 Å². The van der Waals surface area contributed by atoms with Crippen molar-refractivity contribution in [3.05, 3.63) is 20.8 Å². The molecule has 0 radical (unpaired) electrons. The number of nitrogens with one attached hydrogen (secondary N) is 1. The zero-order valence-electron chi connectivity index (χ0n) is 12.0. The van der Waals surface area contributed by atoms with Gasteiger partial charge in [0.25, 0.3) is 0 Å². The van der Waals surface area contributed by atoms with Gasteiger partial charge in [-0.2, -0.15) is 0 Å². The molecule has 0 spiro atoms. The summed E-state index contributed by atoms with van der Waals surface area (Å²) >= 11 is 5.41. The van der Waals surface area contributed by atoms with Crippen LogP contribution in [-0.2, 0) is 0 Å². The monoisotopic (exact) mass is 332 g/mol. The van der Waals surface area contributed by atoms with E-state index in [0.717, 1.165) is 12.5 Å². The molecule has 104 valence electrons. The smallest absolute Gasteiger partial charge is 0.0398 e. The van der Waals surface area contributed by atoms with Crippen molar-refractivity contribution < 1.29 is 0 Å². The fourth-order valence-corrected chi connectivity index (χ4v) is 3.79. The maximum atomic E-state index is 3.65. The second kappa shape index (κ2) is 7.63. The Bertz CT molecular complexity index is 349. The van der Waals surface area contributed by atoms with Gasteiger partial charge in [0, 0.05) is 28.0 Å². The van der Waals surface area contributed by atoms with Crippen molar-refractivity contribution >= 4 is 27.3 Å². The summed E-state index contributed by atoms with van der Waals surface area (Å²) in [6.07, 6.45) is 1.23. The summed E-state index contributed by atoms with van der Waals surface area (Å²) in [6, 6.07) is 3.13. The zero-order valence-corrected chi connectivity index (χ0v) is 14.4. The average Bonchev–Trinajstić information content (AvgIpc) is 2.69. The van der Waals surface area contributed by atoms with Gasteiger partial charge >= 0.3 is 0 Å². The van der Waals surface area contributed by atoms with Crippen molar-refractivity contribution in [3.63, 3.8) is 0 Å². The van der Waals surface area contributed by atoms with Gasteiger partial charge in [-0.05, 0) is 60.7 Å². The first-order valence-electron chi connectivity index (χ1n) is 6.54. The predicted molar refractivity (Wildman–Crippen MR) is 85.4 cm³/mol. The third-order valence-corrected chi connectivity index (χ3v) is 5.23. The number of nitrogens with zero attached hydrogens (tertiary/aromatic N) is 1. The fourth-order valence-electron chi connectivity index (χ4n) is 2.04. The van der Waals surface area contributed by atoms with Crippen molar-refractivity contribution in [2.75, 3.05) is 20.6 Å². The first kappa shape index (κ1) is 16.2. The highest BCUT2D eigenvalue weighted by molar-refractivity contribution is 9.10. The molecule has 1 aromatic heterocycles. The van der Waals surface area contributed by atoms with Gasteiger partial charge in [0.1, 0.15) is 0 Å². The Labute approximate surface area is 124 Å². The van der Waals surface area contributed by atoms with E-state index >= 15 is 0 Å². The van der Waals surface area contributed by atoms with E-state index < -0.39 is 0 Å². The molecule has 0 fully saturated rings. The van der Waals surface area contributed by atoms with Crippen LogP contribution >= 0.6 is 27.3 Å². The Hall–Kier alpha value is 0.1000. The lowest BCUT2D eigenvalue weighted by molar-refractivity contribution is 0.242. The standard InChI is InChI=1S/C14H25BrN2S/c1-10(2)8-12(17(4)5)9-16-11(3)14-13(15)6-7-18-14/h6-7,10-12,16H,8-9H2,1-5H3. The van der Waals surface area contributed by atoms with Crippen molar-refractivity contribution in [2.24, 2.45) is 5.92 Å². The minimum Gasteiger partial charge on any atom is -0.308 e. The first-order valence-corrected chi connectivity index (χ1v) is 8.21. The Morgan fingerprint density at radius 2 is 2.00 bits per heavy atom. The molecule has 1 aromatic rings. The molecule has 0 aliphatic rings. The molecule has 2 nitrogen and oxygen atoms in total. The molecule has 0 aliphatic heterocycles. The summed E-state index contributed by atoms with van der Waals surface area (Å²) in [5.74, 6) is 0.739. The molecule has 0 aromatic carbocycles. The Balaban J connectivity index is 2.49. The molecule has 1 N–H and O–H groups in total. The second-order valence-corrected chi connectivity index (χ2v) is 7.31. The quantitative estimate of drug-likeness (QED) is 0.807. The third-order valence-electron chi connectivity index (χ3n) is 3.17. The molecule has 4 heteroatoms. The van der Waals surface area contributed by atoms with Gasteiger partial charge in [0.2, 0.25) is 0 Å². The number of rotatable bonds is 7. The highest BCUT2D eigenvalue weighted by Gasteiger charge is 2.16. The normalized spacial score (nSPS) is 15.3. The van der Waals surface area contributed by atoms with Gasteiger partial charge in [0.05, 0.1) is 0 Å². The largest absolute Gasteiger partial charge is 0.308 e. The maximum absolute atomic E-state index is 3.65. The Morgan fingerprint density at radius 3 is 2.44 bits per heavy atom. The lowest BCUT2D eigenvalue weighted by Gasteiger charge is -2.27. The van der Waals surface area contributed by atoms with E-state index in [9.17, 15) is 0 Å². The molecule has 2 unspecified atom stereocenters. The van der Waals surface area contributed by atoms with Crippen LogP contribution in [0.1, 0.15) is 38.1 Å². The average molecular weight is 333 g/mol. The van der Waals surface area contributed by atoms with E-state index in [2.05, 4.69) is 72.5 Å². The molecular formula is C14H25BrN2S. The highest BCUT2D eigenvalue weighted by Crippen LogP contribution is 2.28. The summed E-state index contributed by atoms with van der Waals surface area (Å²) in [5.41, 5.74) is 0. The van der Waals surface area contributed by atoms with Crippen molar-refractivity contribution in [1.29, 1.82) is 0 Å². The number of likely N-dealkylation sites (N-methyl/N-ethyl adjacent to an activating group) is 1. The van der Waals surface area contributed by atoms with Gasteiger partial charge in [-0.25, -0.2) is 0 Å². The summed E-state index contributed by atoms with van der Waals surface area (Å²) in [6.45, 7) is 7.85.